The second kappa shape index (κ2) is 7.98. The van der Waals surface area contributed by atoms with Gasteiger partial charge in [0.15, 0.2) is 11.5 Å². The standard InChI is InChI=1S/C23H20N4O4/c1-29-18-6-2-15(3-7-18)14-27-20-8-4-16(12-19(20)25-26-27)23(28)24-17-5-9-21-22(13-17)31-11-10-30-21/h2-9,12-13H,10-11,14H2,1H3,(H,24,28). The van der Waals surface area contributed by atoms with Crippen LogP contribution in [0.25, 0.3) is 11.0 Å². The molecule has 0 fully saturated rings. The van der Waals surface area contributed by atoms with Gasteiger partial charge in [-0.05, 0) is 48.0 Å². The molecule has 0 saturated carbocycles. The van der Waals surface area contributed by atoms with Crippen LogP contribution in [0.5, 0.6) is 17.2 Å². The van der Waals surface area contributed by atoms with Crippen LogP contribution in [0.2, 0.25) is 0 Å². The quantitative estimate of drug-likeness (QED) is 0.536. The van der Waals surface area contributed by atoms with Gasteiger partial charge in [0.05, 0.1) is 19.2 Å². The SMILES string of the molecule is COc1ccc(Cn2nnc3cc(C(=O)Nc4ccc5c(c4)OCCO5)ccc32)cc1. The van der Waals surface area contributed by atoms with Crippen LogP contribution in [0.1, 0.15) is 15.9 Å². The number of nitrogens with zero attached hydrogens (tertiary/aromatic N) is 3. The Balaban J connectivity index is 1.33. The van der Waals surface area contributed by atoms with Crippen LogP contribution in [0.4, 0.5) is 5.69 Å². The normalized spacial score (nSPS) is 12.5. The van der Waals surface area contributed by atoms with Gasteiger partial charge in [-0.2, -0.15) is 0 Å². The number of benzene rings is 3. The van der Waals surface area contributed by atoms with Crippen molar-refractivity contribution >= 4 is 22.6 Å². The van der Waals surface area contributed by atoms with Gasteiger partial charge in [-0.3, -0.25) is 4.79 Å². The van der Waals surface area contributed by atoms with Gasteiger partial charge in [-0.15, -0.1) is 5.10 Å². The summed E-state index contributed by atoms with van der Waals surface area (Å²) < 4.78 is 18.1. The lowest BCUT2D eigenvalue weighted by molar-refractivity contribution is 0.102. The first-order valence-corrected chi connectivity index (χ1v) is 9.87. The third-order valence-corrected chi connectivity index (χ3v) is 5.07. The highest BCUT2D eigenvalue weighted by Gasteiger charge is 2.15. The first-order valence-electron chi connectivity index (χ1n) is 9.87. The highest BCUT2D eigenvalue weighted by Crippen LogP contribution is 2.32. The molecular weight excluding hydrogens is 396 g/mol. The Morgan fingerprint density at radius 1 is 1.03 bits per heavy atom. The molecule has 1 aliphatic heterocycles. The number of amides is 1. The largest absolute Gasteiger partial charge is 0.497 e. The molecule has 8 nitrogen and oxygen atoms in total. The zero-order chi connectivity index (χ0) is 21.2. The second-order valence-electron chi connectivity index (χ2n) is 7.11. The van der Waals surface area contributed by atoms with Crippen molar-refractivity contribution in [1.82, 2.24) is 15.0 Å². The van der Waals surface area contributed by atoms with Crippen molar-refractivity contribution in [3.63, 3.8) is 0 Å². The van der Waals surface area contributed by atoms with Gasteiger partial charge >= 0.3 is 0 Å². The summed E-state index contributed by atoms with van der Waals surface area (Å²) >= 11 is 0. The van der Waals surface area contributed by atoms with E-state index in [-0.39, 0.29) is 5.91 Å². The fourth-order valence-corrected chi connectivity index (χ4v) is 3.46. The molecule has 156 valence electrons. The number of carbonyl (C=O) groups excluding carboxylic acids is 1. The lowest BCUT2D eigenvalue weighted by Gasteiger charge is -2.19. The minimum Gasteiger partial charge on any atom is -0.497 e. The van der Waals surface area contributed by atoms with E-state index in [9.17, 15) is 4.79 Å². The Kier molecular flexibility index (Phi) is 4.87. The summed E-state index contributed by atoms with van der Waals surface area (Å²) in [5.41, 5.74) is 3.72. The number of rotatable bonds is 5. The maximum Gasteiger partial charge on any atom is 0.255 e. The van der Waals surface area contributed by atoms with E-state index in [1.54, 1.807) is 42.1 Å². The zero-order valence-corrected chi connectivity index (χ0v) is 16.9. The molecule has 1 amide bonds. The van der Waals surface area contributed by atoms with E-state index >= 15 is 0 Å². The van der Waals surface area contributed by atoms with Gasteiger partial charge < -0.3 is 19.5 Å². The number of nitrogens with one attached hydrogen (secondary N) is 1. The summed E-state index contributed by atoms with van der Waals surface area (Å²) in [5, 5.41) is 11.4. The van der Waals surface area contributed by atoms with Crippen molar-refractivity contribution in [3.8, 4) is 17.2 Å². The van der Waals surface area contributed by atoms with Crippen molar-refractivity contribution in [2.45, 2.75) is 6.54 Å². The first kappa shape index (κ1) is 18.9. The number of hydrogen-bond donors (Lipinski definition) is 1. The van der Waals surface area contributed by atoms with Gasteiger partial charge in [-0.25, -0.2) is 4.68 Å². The predicted molar refractivity (Wildman–Crippen MR) is 115 cm³/mol. The number of fused-ring (bicyclic) bond motifs is 2. The van der Waals surface area contributed by atoms with Crippen molar-refractivity contribution in [2.24, 2.45) is 0 Å². The molecule has 0 unspecified atom stereocenters. The van der Waals surface area contributed by atoms with Crippen LogP contribution < -0.4 is 19.5 Å². The van der Waals surface area contributed by atoms with E-state index in [0.29, 0.717) is 48.0 Å². The maximum absolute atomic E-state index is 12.7. The summed E-state index contributed by atoms with van der Waals surface area (Å²) in [6.07, 6.45) is 0. The molecule has 0 radical (unpaired) electrons. The summed E-state index contributed by atoms with van der Waals surface area (Å²) in [5.74, 6) is 1.88. The molecular formula is C23H20N4O4. The van der Waals surface area contributed by atoms with Crippen molar-refractivity contribution in [2.75, 3.05) is 25.6 Å². The zero-order valence-electron chi connectivity index (χ0n) is 16.9. The minimum atomic E-state index is -0.233. The van der Waals surface area contributed by atoms with E-state index in [1.165, 1.54) is 0 Å². The first-order chi connectivity index (χ1) is 15.2. The average molecular weight is 416 g/mol. The van der Waals surface area contributed by atoms with E-state index in [1.807, 2.05) is 30.3 Å². The molecule has 2 heterocycles. The van der Waals surface area contributed by atoms with E-state index in [4.69, 9.17) is 14.2 Å². The molecule has 0 spiro atoms. The Morgan fingerprint density at radius 3 is 2.65 bits per heavy atom. The van der Waals surface area contributed by atoms with Gasteiger partial charge in [0.25, 0.3) is 5.91 Å². The number of carbonyl (C=O) groups is 1. The number of hydrogen-bond acceptors (Lipinski definition) is 6. The van der Waals surface area contributed by atoms with Gasteiger partial charge in [-0.1, -0.05) is 17.3 Å². The van der Waals surface area contributed by atoms with Crippen LogP contribution in [0.3, 0.4) is 0 Å². The molecule has 3 aromatic carbocycles. The topological polar surface area (TPSA) is 87.5 Å². The highest BCUT2D eigenvalue weighted by molar-refractivity contribution is 6.06. The van der Waals surface area contributed by atoms with E-state index < -0.39 is 0 Å². The molecule has 0 bridgehead atoms. The average Bonchev–Trinajstić information content (AvgIpc) is 3.21. The minimum absolute atomic E-state index is 0.233. The number of ether oxygens (including phenoxy) is 3. The van der Waals surface area contributed by atoms with Crippen molar-refractivity contribution in [3.05, 3.63) is 71.8 Å². The Morgan fingerprint density at radius 2 is 1.84 bits per heavy atom. The summed E-state index contributed by atoms with van der Waals surface area (Å²) in [7, 11) is 1.64. The number of aromatic nitrogens is 3. The lowest BCUT2D eigenvalue weighted by atomic mass is 10.1. The smallest absolute Gasteiger partial charge is 0.255 e. The number of anilines is 1. The molecule has 0 aliphatic carbocycles. The summed E-state index contributed by atoms with van der Waals surface area (Å²) in [6.45, 7) is 1.59. The van der Waals surface area contributed by atoms with Crippen LogP contribution in [-0.4, -0.2) is 41.2 Å². The maximum atomic E-state index is 12.7. The van der Waals surface area contributed by atoms with Crippen molar-refractivity contribution < 1.29 is 19.0 Å². The third kappa shape index (κ3) is 3.87. The Hall–Kier alpha value is -4.07. The molecule has 1 aliphatic rings. The van der Waals surface area contributed by atoms with Crippen LogP contribution in [0.15, 0.2) is 60.7 Å². The fraction of sp³-hybridized carbons (Fsp3) is 0.174. The second-order valence-corrected chi connectivity index (χ2v) is 7.11. The van der Waals surface area contributed by atoms with Gasteiger partial charge in [0.2, 0.25) is 0 Å². The molecule has 8 heteroatoms. The molecule has 4 aromatic rings. The van der Waals surface area contributed by atoms with E-state index in [2.05, 4.69) is 15.6 Å². The van der Waals surface area contributed by atoms with E-state index in [0.717, 1.165) is 16.8 Å². The predicted octanol–water partition coefficient (Wildman–Crippen LogP) is 3.51. The van der Waals surface area contributed by atoms with Crippen LogP contribution in [0, 0.1) is 0 Å². The molecule has 31 heavy (non-hydrogen) atoms. The highest BCUT2D eigenvalue weighted by atomic mass is 16.6. The van der Waals surface area contributed by atoms with Gasteiger partial charge in [0, 0.05) is 17.3 Å². The molecule has 0 saturated heterocycles. The fourth-order valence-electron chi connectivity index (χ4n) is 3.46. The summed E-state index contributed by atoms with van der Waals surface area (Å²) in [4.78, 5) is 12.7. The van der Waals surface area contributed by atoms with Gasteiger partial charge in [0.1, 0.15) is 24.5 Å². The van der Waals surface area contributed by atoms with Crippen molar-refractivity contribution in [1.29, 1.82) is 0 Å². The lowest BCUT2D eigenvalue weighted by Crippen LogP contribution is -2.16. The van der Waals surface area contributed by atoms with Crippen LogP contribution in [-0.2, 0) is 6.54 Å². The molecule has 1 aromatic heterocycles. The molecule has 0 atom stereocenters. The monoisotopic (exact) mass is 416 g/mol. The Labute approximate surface area is 178 Å². The summed E-state index contributed by atoms with van der Waals surface area (Å²) in [6, 6.07) is 18.5. The van der Waals surface area contributed by atoms with Crippen LogP contribution >= 0.6 is 0 Å². The Bertz CT molecular complexity index is 1250. The number of methoxy groups -OCH3 is 1. The third-order valence-electron chi connectivity index (χ3n) is 5.07. The molecule has 1 N–H and O–H groups in total. The molecule has 5 rings (SSSR count).